The summed E-state index contributed by atoms with van der Waals surface area (Å²) in [6, 6.07) is 20.2. The predicted octanol–water partition coefficient (Wildman–Crippen LogP) is 6.82. The maximum absolute atomic E-state index is 13.4. The molecule has 0 saturated heterocycles. The Morgan fingerprint density at radius 2 is 1.83 bits per heavy atom. The molecule has 6 aromatic rings. The van der Waals surface area contributed by atoms with Crippen LogP contribution in [-0.2, 0) is 12.0 Å². The van der Waals surface area contributed by atoms with E-state index in [0.717, 1.165) is 49.3 Å². The summed E-state index contributed by atoms with van der Waals surface area (Å²) in [6.07, 6.45) is 1.63. The molecular formula is C29H21ClN2O3. The van der Waals surface area contributed by atoms with Crippen molar-refractivity contribution in [2.45, 2.75) is 25.8 Å². The standard InChI is InChI=1S/C29H21ClN2O3/c1-29(2)15-34-26-20(29)9-10-22-24(26)23-19-8-5-11-31-27(19)35-28(33)25(23)32(22)14-18-12-16-6-3-4-7-17(16)13-21(18)30/h3-13H,14-15H2,1-2H3. The normalized spacial score (nSPS) is 14.7. The third-order valence-electron chi connectivity index (χ3n) is 7.16. The van der Waals surface area contributed by atoms with E-state index in [1.54, 1.807) is 6.20 Å². The highest BCUT2D eigenvalue weighted by atomic mass is 35.5. The predicted molar refractivity (Wildman–Crippen MR) is 140 cm³/mol. The number of hydrogen-bond acceptors (Lipinski definition) is 4. The van der Waals surface area contributed by atoms with Gasteiger partial charge in [-0.2, -0.15) is 0 Å². The first kappa shape index (κ1) is 20.5. The molecule has 0 unspecified atom stereocenters. The Morgan fingerprint density at radius 1 is 1.03 bits per heavy atom. The van der Waals surface area contributed by atoms with E-state index in [0.29, 0.717) is 29.4 Å². The van der Waals surface area contributed by atoms with E-state index in [9.17, 15) is 4.79 Å². The molecule has 0 aliphatic carbocycles. The van der Waals surface area contributed by atoms with Gasteiger partial charge in [-0.25, -0.2) is 9.78 Å². The van der Waals surface area contributed by atoms with Gasteiger partial charge >= 0.3 is 5.63 Å². The lowest BCUT2D eigenvalue weighted by Crippen LogP contribution is -2.18. The molecule has 35 heavy (non-hydrogen) atoms. The Labute approximate surface area is 205 Å². The largest absolute Gasteiger partial charge is 0.492 e. The van der Waals surface area contributed by atoms with Gasteiger partial charge in [-0.1, -0.05) is 55.8 Å². The quantitative estimate of drug-likeness (QED) is 0.273. The highest BCUT2D eigenvalue weighted by Gasteiger charge is 2.35. The van der Waals surface area contributed by atoms with E-state index < -0.39 is 5.63 Å². The van der Waals surface area contributed by atoms with Gasteiger partial charge in [0.15, 0.2) is 0 Å². The molecule has 1 aliphatic rings. The SMILES string of the molecule is CC1(C)COc2c1ccc1c2c2c3cccnc3oc(=O)c2n1Cc1cc2ccccc2cc1Cl. The summed E-state index contributed by atoms with van der Waals surface area (Å²) in [6.45, 7) is 5.35. The molecule has 4 heterocycles. The van der Waals surface area contributed by atoms with E-state index in [2.05, 4.69) is 43.1 Å². The Hall–Kier alpha value is -3.83. The number of rotatable bonds is 2. The van der Waals surface area contributed by atoms with Crippen molar-refractivity contribution in [3.8, 4) is 5.75 Å². The minimum absolute atomic E-state index is 0.118. The summed E-state index contributed by atoms with van der Waals surface area (Å²) in [5, 5.41) is 5.35. The van der Waals surface area contributed by atoms with E-state index in [4.69, 9.17) is 20.8 Å². The first-order chi connectivity index (χ1) is 16.9. The molecule has 3 aromatic heterocycles. The van der Waals surface area contributed by atoms with Gasteiger partial charge in [0, 0.05) is 39.5 Å². The Bertz CT molecular complexity index is 1900. The first-order valence-electron chi connectivity index (χ1n) is 11.6. The fourth-order valence-corrected chi connectivity index (χ4v) is 5.65. The number of ether oxygens (including phenoxy) is 1. The van der Waals surface area contributed by atoms with Gasteiger partial charge in [0.1, 0.15) is 11.3 Å². The maximum atomic E-state index is 13.4. The molecule has 7 rings (SSSR count). The number of pyridine rings is 1. The van der Waals surface area contributed by atoms with Crippen LogP contribution in [-0.4, -0.2) is 16.2 Å². The Morgan fingerprint density at radius 3 is 2.66 bits per heavy atom. The zero-order chi connectivity index (χ0) is 23.9. The zero-order valence-corrected chi connectivity index (χ0v) is 20.0. The van der Waals surface area contributed by atoms with Gasteiger partial charge in [-0.15, -0.1) is 0 Å². The number of aromatic nitrogens is 2. The van der Waals surface area contributed by atoms with E-state index >= 15 is 0 Å². The molecular weight excluding hydrogens is 460 g/mol. The van der Waals surface area contributed by atoms with Crippen molar-refractivity contribution >= 4 is 55.3 Å². The molecule has 6 heteroatoms. The molecule has 0 spiro atoms. The topological polar surface area (TPSA) is 57.3 Å². The maximum Gasteiger partial charge on any atom is 0.362 e. The van der Waals surface area contributed by atoms with Gasteiger partial charge in [0.2, 0.25) is 5.71 Å². The van der Waals surface area contributed by atoms with Crippen molar-refractivity contribution in [3.63, 3.8) is 0 Å². The van der Waals surface area contributed by atoms with Crippen molar-refractivity contribution in [1.82, 2.24) is 9.55 Å². The summed E-state index contributed by atoms with van der Waals surface area (Å²) < 4.78 is 14.0. The minimum Gasteiger partial charge on any atom is -0.492 e. The van der Waals surface area contributed by atoms with Crippen molar-refractivity contribution < 1.29 is 9.15 Å². The fraction of sp³-hybridized carbons (Fsp3) is 0.172. The van der Waals surface area contributed by atoms with E-state index in [-0.39, 0.29) is 5.41 Å². The molecule has 1 aliphatic heterocycles. The van der Waals surface area contributed by atoms with Crippen molar-refractivity contribution in [2.24, 2.45) is 0 Å². The number of halogens is 1. The van der Waals surface area contributed by atoms with Crippen LogP contribution in [0.5, 0.6) is 5.75 Å². The number of nitrogens with zero attached hydrogens (tertiary/aromatic N) is 2. The van der Waals surface area contributed by atoms with Crippen LogP contribution in [0.4, 0.5) is 0 Å². The van der Waals surface area contributed by atoms with Gasteiger partial charge in [-0.3, -0.25) is 0 Å². The lowest BCUT2D eigenvalue weighted by Gasteiger charge is -2.15. The lowest BCUT2D eigenvalue weighted by molar-refractivity contribution is 0.293. The number of hydrogen-bond donors (Lipinski definition) is 0. The van der Waals surface area contributed by atoms with Crippen LogP contribution in [0, 0.1) is 0 Å². The van der Waals surface area contributed by atoms with Crippen LogP contribution in [0.15, 0.2) is 76.1 Å². The van der Waals surface area contributed by atoms with E-state index in [1.165, 1.54) is 0 Å². The van der Waals surface area contributed by atoms with Crippen molar-refractivity contribution in [1.29, 1.82) is 0 Å². The molecule has 0 bridgehead atoms. The Balaban J connectivity index is 1.61. The van der Waals surface area contributed by atoms with Crippen LogP contribution < -0.4 is 10.4 Å². The molecule has 5 nitrogen and oxygen atoms in total. The monoisotopic (exact) mass is 480 g/mol. The van der Waals surface area contributed by atoms with Crippen molar-refractivity contribution in [3.05, 3.63) is 93.4 Å². The molecule has 0 fully saturated rings. The van der Waals surface area contributed by atoms with Crippen LogP contribution >= 0.6 is 11.6 Å². The van der Waals surface area contributed by atoms with Crippen LogP contribution in [0.2, 0.25) is 5.02 Å². The molecule has 0 amide bonds. The Kier molecular flexibility index (Phi) is 4.16. The summed E-state index contributed by atoms with van der Waals surface area (Å²) in [5.74, 6) is 0.830. The smallest absolute Gasteiger partial charge is 0.362 e. The van der Waals surface area contributed by atoms with Gasteiger partial charge < -0.3 is 13.7 Å². The summed E-state index contributed by atoms with van der Waals surface area (Å²) in [5.41, 5.74) is 3.24. The first-order valence-corrected chi connectivity index (χ1v) is 12.0. The van der Waals surface area contributed by atoms with Gasteiger partial charge in [0.05, 0.1) is 17.5 Å². The molecule has 172 valence electrons. The molecule has 0 atom stereocenters. The fourth-order valence-electron chi connectivity index (χ4n) is 5.41. The summed E-state index contributed by atoms with van der Waals surface area (Å²) in [4.78, 5) is 17.7. The second-order valence-corrected chi connectivity index (χ2v) is 10.3. The molecule has 3 aromatic carbocycles. The molecule has 0 N–H and O–H groups in total. The van der Waals surface area contributed by atoms with E-state index in [1.807, 2.05) is 41.0 Å². The highest BCUT2D eigenvalue weighted by Crippen LogP contribution is 2.47. The number of fused-ring (bicyclic) bond motifs is 8. The average molecular weight is 481 g/mol. The summed E-state index contributed by atoms with van der Waals surface area (Å²) in [7, 11) is 0. The van der Waals surface area contributed by atoms with Gasteiger partial charge in [-0.05, 0) is 46.7 Å². The van der Waals surface area contributed by atoms with Crippen LogP contribution in [0.25, 0.3) is 43.7 Å². The molecule has 0 saturated carbocycles. The minimum atomic E-state index is -0.426. The second kappa shape index (κ2) is 7.09. The lowest BCUT2D eigenvalue weighted by atomic mass is 9.86. The van der Waals surface area contributed by atoms with Crippen LogP contribution in [0.3, 0.4) is 0 Å². The zero-order valence-electron chi connectivity index (χ0n) is 19.3. The van der Waals surface area contributed by atoms with Crippen molar-refractivity contribution in [2.75, 3.05) is 6.61 Å². The molecule has 0 radical (unpaired) electrons. The third kappa shape index (κ3) is 2.88. The second-order valence-electron chi connectivity index (χ2n) is 9.86. The number of benzene rings is 3. The summed E-state index contributed by atoms with van der Waals surface area (Å²) >= 11 is 6.74. The average Bonchev–Trinajstić information content (AvgIpc) is 3.34. The third-order valence-corrected chi connectivity index (χ3v) is 7.51. The van der Waals surface area contributed by atoms with Crippen LogP contribution in [0.1, 0.15) is 25.0 Å². The van der Waals surface area contributed by atoms with Gasteiger partial charge in [0.25, 0.3) is 0 Å². The highest BCUT2D eigenvalue weighted by molar-refractivity contribution is 6.32.